The van der Waals surface area contributed by atoms with Gasteiger partial charge in [-0.15, -0.1) is 0 Å². The molecule has 2 unspecified atom stereocenters. The second-order valence-electron chi connectivity index (χ2n) is 6.71. The Morgan fingerprint density at radius 3 is 2.58 bits per heavy atom. The summed E-state index contributed by atoms with van der Waals surface area (Å²) in [4.78, 5) is 10.2. The number of carboxylic acids is 1. The predicted octanol–water partition coefficient (Wildman–Crippen LogP) is 2.39. The Labute approximate surface area is 141 Å². The first-order valence-corrected chi connectivity index (χ1v) is 9.21. The maximum absolute atomic E-state index is 13.9. The zero-order valence-corrected chi connectivity index (χ0v) is 14.7. The Hall–Kier alpha value is -1.67. The third-order valence-corrected chi connectivity index (χ3v) is 5.87. The summed E-state index contributed by atoms with van der Waals surface area (Å²) in [7, 11) is -3.86. The first-order chi connectivity index (χ1) is 11.1. The number of hydrogen-bond acceptors (Lipinski definition) is 4. The largest absolute Gasteiger partial charge is 0.479 e. The highest BCUT2D eigenvalue weighted by molar-refractivity contribution is 7.89. The van der Waals surface area contributed by atoms with Crippen molar-refractivity contribution in [1.29, 1.82) is 0 Å². The molecule has 24 heavy (non-hydrogen) atoms. The number of sulfonamides is 1. The molecule has 0 bridgehead atoms. The average molecular weight is 359 g/mol. The molecule has 1 aromatic rings. The van der Waals surface area contributed by atoms with Crippen LogP contribution in [0.3, 0.4) is 0 Å². The molecule has 0 amide bonds. The van der Waals surface area contributed by atoms with Crippen LogP contribution in [-0.4, -0.2) is 32.1 Å². The maximum Gasteiger partial charge on any atom is 0.341 e. The highest BCUT2D eigenvalue weighted by Crippen LogP contribution is 2.54. The predicted molar refractivity (Wildman–Crippen MR) is 85.8 cm³/mol. The number of carboxylic acid groups (broad SMARTS) is 1. The van der Waals surface area contributed by atoms with Gasteiger partial charge in [-0.25, -0.2) is 22.3 Å². The van der Waals surface area contributed by atoms with Crippen LogP contribution >= 0.6 is 0 Å². The lowest BCUT2D eigenvalue weighted by molar-refractivity contribution is -0.139. The number of halogens is 1. The van der Waals surface area contributed by atoms with Crippen LogP contribution in [-0.2, 0) is 14.8 Å². The minimum atomic E-state index is -3.86. The van der Waals surface area contributed by atoms with Crippen LogP contribution in [0.15, 0.2) is 23.1 Å². The van der Waals surface area contributed by atoms with Crippen molar-refractivity contribution in [3.05, 3.63) is 24.0 Å². The molecule has 6 nitrogen and oxygen atoms in total. The molecule has 1 saturated carbocycles. The van der Waals surface area contributed by atoms with Crippen LogP contribution in [0.1, 0.15) is 33.6 Å². The van der Waals surface area contributed by atoms with E-state index < -0.39 is 28.4 Å². The molecule has 1 aromatic carbocycles. The van der Waals surface area contributed by atoms with Gasteiger partial charge >= 0.3 is 5.97 Å². The van der Waals surface area contributed by atoms with Gasteiger partial charge in [0.05, 0.1) is 4.90 Å². The molecule has 0 saturated heterocycles. The summed E-state index contributed by atoms with van der Waals surface area (Å²) in [6.45, 7) is 5.38. The van der Waals surface area contributed by atoms with E-state index in [0.717, 1.165) is 18.6 Å². The monoisotopic (exact) mass is 359 g/mol. The first kappa shape index (κ1) is 18.7. The van der Waals surface area contributed by atoms with Crippen LogP contribution in [0.5, 0.6) is 5.75 Å². The smallest absolute Gasteiger partial charge is 0.341 e. The highest BCUT2D eigenvalue weighted by Gasteiger charge is 2.50. The van der Waals surface area contributed by atoms with Gasteiger partial charge in [0.15, 0.2) is 18.2 Å². The summed E-state index contributed by atoms with van der Waals surface area (Å²) in [5.41, 5.74) is 0.114. The molecular weight excluding hydrogens is 337 g/mol. The number of rotatable bonds is 8. The minimum absolute atomic E-state index is 0.114. The SMILES string of the molecule is CCC(NS(=O)(=O)c1ccc(OCC(=O)O)c(F)c1)C1CC1(C)C. The molecule has 2 rings (SSSR count). The lowest BCUT2D eigenvalue weighted by atomic mass is 10.0. The van der Waals surface area contributed by atoms with Gasteiger partial charge in [0.2, 0.25) is 10.0 Å². The van der Waals surface area contributed by atoms with Gasteiger partial charge in [0.25, 0.3) is 0 Å². The van der Waals surface area contributed by atoms with E-state index in [-0.39, 0.29) is 28.0 Å². The van der Waals surface area contributed by atoms with E-state index in [1.54, 1.807) is 0 Å². The van der Waals surface area contributed by atoms with Crippen molar-refractivity contribution in [2.75, 3.05) is 6.61 Å². The Kier molecular flexibility index (Phi) is 5.19. The molecule has 134 valence electrons. The van der Waals surface area contributed by atoms with Crippen molar-refractivity contribution in [2.24, 2.45) is 11.3 Å². The number of carbonyl (C=O) groups is 1. The number of ether oxygens (including phenoxy) is 1. The molecule has 1 aliphatic rings. The summed E-state index contributed by atoms with van der Waals surface area (Å²) >= 11 is 0. The van der Waals surface area contributed by atoms with Crippen LogP contribution in [0.2, 0.25) is 0 Å². The molecule has 8 heteroatoms. The van der Waals surface area contributed by atoms with E-state index in [1.165, 1.54) is 6.07 Å². The molecule has 0 heterocycles. The fraction of sp³-hybridized carbons (Fsp3) is 0.562. The summed E-state index contributed by atoms with van der Waals surface area (Å²) < 4.78 is 46.3. The van der Waals surface area contributed by atoms with Crippen LogP contribution < -0.4 is 9.46 Å². The van der Waals surface area contributed by atoms with Crippen LogP contribution in [0.25, 0.3) is 0 Å². The quantitative estimate of drug-likeness (QED) is 0.743. The van der Waals surface area contributed by atoms with Gasteiger partial charge in [-0.1, -0.05) is 20.8 Å². The Balaban J connectivity index is 2.14. The third-order valence-electron chi connectivity index (χ3n) is 4.39. The first-order valence-electron chi connectivity index (χ1n) is 7.73. The summed E-state index contributed by atoms with van der Waals surface area (Å²) in [5.74, 6) is -2.20. The molecule has 1 fully saturated rings. The Morgan fingerprint density at radius 1 is 1.50 bits per heavy atom. The van der Waals surface area contributed by atoms with E-state index in [1.807, 2.05) is 6.92 Å². The van der Waals surface area contributed by atoms with E-state index >= 15 is 0 Å². The van der Waals surface area contributed by atoms with E-state index in [2.05, 4.69) is 18.6 Å². The average Bonchev–Trinajstić information content (AvgIpc) is 3.11. The maximum atomic E-state index is 13.9. The second kappa shape index (κ2) is 6.68. The molecule has 0 radical (unpaired) electrons. The lowest BCUT2D eigenvalue weighted by Gasteiger charge is -2.19. The van der Waals surface area contributed by atoms with Crippen LogP contribution in [0.4, 0.5) is 4.39 Å². The molecule has 2 N–H and O–H groups in total. The van der Waals surface area contributed by atoms with Gasteiger partial charge in [-0.3, -0.25) is 0 Å². The van der Waals surface area contributed by atoms with E-state index in [0.29, 0.717) is 6.42 Å². The molecule has 1 aliphatic carbocycles. The zero-order chi connectivity index (χ0) is 18.1. The Morgan fingerprint density at radius 2 is 2.12 bits per heavy atom. The van der Waals surface area contributed by atoms with Crippen molar-refractivity contribution in [1.82, 2.24) is 4.72 Å². The highest BCUT2D eigenvalue weighted by atomic mass is 32.2. The van der Waals surface area contributed by atoms with Gasteiger partial charge in [0, 0.05) is 6.04 Å². The zero-order valence-electron chi connectivity index (χ0n) is 13.9. The van der Waals surface area contributed by atoms with Crippen molar-refractivity contribution in [3.8, 4) is 5.75 Å². The minimum Gasteiger partial charge on any atom is -0.479 e. The standard InChI is InChI=1S/C16H22FNO5S/c1-4-13(11-8-16(11,2)3)18-24(21,22)10-5-6-14(12(17)7-10)23-9-15(19)20/h5-7,11,13,18H,4,8-9H2,1-3H3,(H,19,20). The summed E-state index contributed by atoms with van der Waals surface area (Å²) in [6, 6.07) is 2.96. The van der Waals surface area contributed by atoms with Crippen molar-refractivity contribution < 1.29 is 27.4 Å². The number of nitrogens with one attached hydrogen (secondary N) is 1. The van der Waals surface area contributed by atoms with Gasteiger partial charge in [0.1, 0.15) is 0 Å². The molecule has 0 spiro atoms. The van der Waals surface area contributed by atoms with Gasteiger partial charge < -0.3 is 9.84 Å². The topological polar surface area (TPSA) is 92.7 Å². The molecule has 0 aliphatic heterocycles. The molecular formula is C16H22FNO5S. The number of benzene rings is 1. The lowest BCUT2D eigenvalue weighted by Crippen LogP contribution is -2.37. The Bertz CT molecular complexity index is 732. The third kappa shape index (κ3) is 4.24. The molecule has 2 atom stereocenters. The number of aliphatic carboxylic acids is 1. The summed E-state index contributed by atoms with van der Waals surface area (Å²) in [5, 5.41) is 8.52. The van der Waals surface area contributed by atoms with Crippen LogP contribution in [0, 0.1) is 17.2 Å². The number of hydrogen-bond donors (Lipinski definition) is 2. The fourth-order valence-electron chi connectivity index (χ4n) is 2.82. The fourth-order valence-corrected chi connectivity index (χ4v) is 4.19. The second-order valence-corrected chi connectivity index (χ2v) is 8.42. The van der Waals surface area contributed by atoms with Crippen molar-refractivity contribution >= 4 is 16.0 Å². The summed E-state index contributed by atoms with van der Waals surface area (Å²) in [6.07, 6.45) is 1.60. The van der Waals surface area contributed by atoms with Gasteiger partial charge in [-0.2, -0.15) is 0 Å². The van der Waals surface area contributed by atoms with E-state index in [9.17, 15) is 17.6 Å². The van der Waals surface area contributed by atoms with Gasteiger partial charge in [-0.05, 0) is 42.4 Å². The normalized spacial score (nSPS) is 20.4. The van der Waals surface area contributed by atoms with E-state index in [4.69, 9.17) is 9.84 Å². The molecule has 0 aromatic heterocycles. The van der Waals surface area contributed by atoms with Crippen molar-refractivity contribution in [2.45, 2.75) is 44.6 Å². The van der Waals surface area contributed by atoms with Crippen molar-refractivity contribution in [3.63, 3.8) is 0 Å².